The number of aliphatic hydroxyl groups is 1. The third-order valence-electron chi connectivity index (χ3n) is 3.72. The van der Waals surface area contributed by atoms with Crippen molar-refractivity contribution in [3.63, 3.8) is 0 Å². The van der Waals surface area contributed by atoms with E-state index in [0.29, 0.717) is 12.5 Å². The van der Waals surface area contributed by atoms with E-state index in [1.807, 2.05) is 0 Å². The third-order valence-corrected chi connectivity index (χ3v) is 3.72. The van der Waals surface area contributed by atoms with Crippen LogP contribution in [0, 0.1) is 5.92 Å². The van der Waals surface area contributed by atoms with Crippen LogP contribution in [-0.4, -0.2) is 60.8 Å². The fraction of sp³-hybridized carbons (Fsp3) is 1.00. The molecule has 0 saturated carbocycles. The summed E-state index contributed by atoms with van der Waals surface area (Å²) in [5.74, 6) is 0.522. The second kappa shape index (κ2) is 8.04. The first-order chi connectivity index (χ1) is 7.80. The zero-order valence-electron chi connectivity index (χ0n) is 11.0. The number of hydrogen-bond acceptors (Lipinski definition) is 3. The molecule has 0 aromatic rings. The Morgan fingerprint density at radius 2 is 1.62 bits per heavy atom. The van der Waals surface area contributed by atoms with E-state index in [-0.39, 0.29) is 0 Å². The van der Waals surface area contributed by atoms with Crippen molar-refractivity contribution in [3.05, 3.63) is 0 Å². The molecule has 1 N–H and O–H groups in total. The number of nitrogens with zero attached hydrogens (tertiary/aromatic N) is 2. The summed E-state index contributed by atoms with van der Waals surface area (Å²) in [6.07, 6.45) is 3.52. The minimum Gasteiger partial charge on any atom is -0.396 e. The van der Waals surface area contributed by atoms with Crippen molar-refractivity contribution in [2.45, 2.75) is 33.1 Å². The average molecular weight is 228 g/mol. The van der Waals surface area contributed by atoms with Crippen LogP contribution in [0.15, 0.2) is 0 Å². The van der Waals surface area contributed by atoms with Gasteiger partial charge in [0.05, 0.1) is 0 Å². The van der Waals surface area contributed by atoms with Gasteiger partial charge in [0.1, 0.15) is 0 Å². The fourth-order valence-electron chi connectivity index (χ4n) is 2.43. The molecule has 3 nitrogen and oxygen atoms in total. The number of rotatable bonds is 7. The number of piperazine rings is 1. The maximum absolute atomic E-state index is 9.24. The molecule has 0 amide bonds. The van der Waals surface area contributed by atoms with Crippen molar-refractivity contribution in [3.8, 4) is 0 Å². The summed E-state index contributed by atoms with van der Waals surface area (Å²) in [6.45, 7) is 12.0. The second-order valence-corrected chi connectivity index (χ2v) is 4.90. The number of hydrogen-bond donors (Lipinski definition) is 1. The van der Waals surface area contributed by atoms with Gasteiger partial charge in [-0.3, -0.25) is 0 Å². The molecule has 1 aliphatic rings. The molecular formula is C13H28N2O. The fourth-order valence-corrected chi connectivity index (χ4v) is 2.43. The minimum absolute atomic E-state index is 0.364. The molecule has 16 heavy (non-hydrogen) atoms. The average Bonchev–Trinajstić information content (AvgIpc) is 2.35. The Morgan fingerprint density at radius 1 is 1.00 bits per heavy atom. The zero-order valence-corrected chi connectivity index (χ0v) is 11.0. The third kappa shape index (κ3) is 4.81. The van der Waals surface area contributed by atoms with E-state index in [2.05, 4.69) is 23.6 Å². The summed E-state index contributed by atoms with van der Waals surface area (Å²) in [6, 6.07) is 0. The molecule has 1 saturated heterocycles. The summed E-state index contributed by atoms with van der Waals surface area (Å²) >= 11 is 0. The van der Waals surface area contributed by atoms with Crippen molar-refractivity contribution in [1.29, 1.82) is 0 Å². The highest BCUT2D eigenvalue weighted by Crippen LogP contribution is 2.12. The summed E-state index contributed by atoms with van der Waals surface area (Å²) in [5.41, 5.74) is 0. The Kier molecular flexibility index (Phi) is 7.01. The van der Waals surface area contributed by atoms with Crippen molar-refractivity contribution in [1.82, 2.24) is 9.80 Å². The molecule has 0 radical (unpaired) electrons. The highest BCUT2D eigenvalue weighted by Gasteiger charge is 2.16. The van der Waals surface area contributed by atoms with Gasteiger partial charge < -0.3 is 14.9 Å². The molecule has 0 spiro atoms. The first kappa shape index (κ1) is 13.9. The van der Waals surface area contributed by atoms with E-state index in [9.17, 15) is 5.11 Å². The van der Waals surface area contributed by atoms with Crippen molar-refractivity contribution in [2.24, 2.45) is 5.92 Å². The van der Waals surface area contributed by atoms with Gasteiger partial charge in [0, 0.05) is 32.8 Å². The molecule has 0 aromatic carbocycles. The molecule has 0 bridgehead atoms. The highest BCUT2D eigenvalue weighted by molar-refractivity contribution is 4.72. The minimum atomic E-state index is 0.364. The van der Waals surface area contributed by atoms with Crippen molar-refractivity contribution < 1.29 is 5.11 Å². The van der Waals surface area contributed by atoms with E-state index in [0.717, 1.165) is 6.42 Å². The van der Waals surface area contributed by atoms with Gasteiger partial charge in [0.25, 0.3) is 0 Å². The van der Waals surface area contributed by atoms with Crippen LogP contribution in [0.5, 0.6) is 0 Å². The van der Waals surface area contributed by atoms with Crippen LogP contribution in [0.4, 0.5) is 0 Å². The van der Waals surface area contributed by atoms with Crippen LogP contribution >= 0.6 is 0 Å². The van der Waals surface area contributed by atoms with Crippen molar-refractivity contribution >= 4 is 0 Å². The van der Waals surface area contributed by atoms with E-state index >= 15 is 0 Å². The van der Waals surface area contributed by atoms with Gasteiger partial charge in [0.15, 0.2) is 0 Å². The Hall–Kier alpha value is -0.120. The molecule has 96 valence electrons. The van der Waals surface area contributed by atoms with Crippen LogP contribution in [0.25, 0.3) is 0 Å². The molecule has 0 unspecified atom stereocenters. The number of aliphatic hydroxyl groups excluding tert-OH is 1. The monoisotopic (exact) mass is 228 g/mol. The smallest absolute Gasteiger partial charge is 0.0459 e. The molecular weight excluding hydrogens is 200 g/mol. The maximum atomic E-state index is 9.24. The van der Waals surface area contributed by atoms with Crippen LogP contribution in [0.2, 0.25) is 0 Å². The lowest BCUT2D eigenvalue weighted by Crippen LogP contribution is -2.46. The molecule has 1 rings (SSSR count). The summed E-state index contributed by atoms with van der Waals surface area (Å²) in [7, 11) is 0. The quantitative estimate of drug-likeness (QED) is 0.714. The Balaban J connectivity index is 2.13. The highest BCUT2D eigenvalue weighted by atomic mass is 16.3. The first-order valence-electron chi connectivity index (χ1n) is 6.85. The topological polar surface area (TPSA) is 26.7 Å². The summed E-state index contributed by atoms with van der Waals surface area (Å²) < 4.78 is 0. The van der Waals surface area contributed by atoms with Gasteiger partial charge in [-0.1, -0.05) is 20.3 Å². The predicted octanol–water partition coefficient (Wildman–Crippen LogP) is 1.42. The molecule has 1 aliphatic heterocycles. The van der Waals surface area contributed by atoms with Gasteiger partial charge in [-0.25, -0.2) is 0 Å². The van der Waals surface area contributed by atoms with Crippen LogP contribution in [-0.2, 0) is 0 Å². The largest absolute Gasteiger partial charge is 0.396 e. The molecule has 3 heteroatoms. The molecule has 0 aliphatic carbocycles. The van der Waals surface area contributed by atoms with Gasteiger partial charge in [-0.15, -0.1) is 0 Å². The number of likely N-dealkylation sites (N-methyl/N-ethyl adjacent to an activating group) is 1. The molecule has 1 fully saturated rings. The van der Waals surface area contributed by atoms with E-state index in [1.165, 1.54) is 52.1 Å². The predicted molar refractivity (Wildman–Crippen MR) is 68.7 cm³/mol. The lowest BCUT2D eigenvalue weighted by molar-refractivity contribution is 0.121. The summed E-state index contributed by atoms with van der Waals surface area (Å²) in [4.78, 5) is 5.05. The van der Waals surface area contributed by atoms with Gasteiger partial charge in [-0.05, 0) is 31.8 Å². The Bertz CT molecular complexity index is 167. The SMILES string of the molecule is CCC[C@H](CO)CCN1CCN(CC)CC1. The van der Waals surface area contributed by atoms with Crippen LogP contribution in [0.1, 0.15) is 33.1 Å². The van der Waals surface area contributed by atoms with Gasteiger partial charge in [-0.2, -0.15) is 0 Å². The normalized spacial score (nSPS) is 21.2. The van der Waals surface area contributed by atoms with Gasteiger partial charge in [0.2, 0.25) is 0 Å². The second-order valence-electron chi connectivity index (χ2n) is 4.90. The standard InChI is InChI=1S/C13H28N2O/c1-3-5-13(12-16)6-7-15-10-8-14(4-2)9-11-15/h13,16H,3-12H2,1-2H3/t13-/m0/s1. The molecule has 1 atom stereocenters. The van der Waals surface area contributed by atoms with Crippen LogP contribution in [0.3, 0.4) is 0 Å². The van der Waals surface area contributed by atoms with E-state index in [1.54, 1.807) is 0 Å². The molecule has 1 heterocycles. The van der Waals surface area contributed by atoms with Crippen molar-refractivity contribution in [2.75, 3.05) is 45.9 Å². The first-order valence-corrected chi connectivity index (χ1v) is 6.85. The van der Waals surface area contributed by atoms with E-state index in [4.69, 9.17) is 0 Å². The maximum Gasteiger partial charge on any atom is 0.0459 e. The Morgan fingerprint density at radius 3 is 2.12 bits per heavy atom. The molecule has 0 aromatic heterocycles. The lowest BCUT2D eigenvalue weighted by Gasteiger charge is -2.34. The van der Waals surface area contributed by atoms with Crippen LogP contribution < -0.4 is 0 Å². The Labute approximate surface area is 100 Å². The van der Waals surface area contributed by atoms with Gasteiger partial charge >= 0.3 is 0 Å². The lowest BCUT2D eigenvalue weighted by atomic mass is 10.0. The summed E-state index contributed by atoms with van der Waals surface area (Å²) in [5, 5.41) is 9.24. The zero-order chi connectivity index (χ0) is 11.8. The van der Waals surface area contributed by atoms with E-state index < -0.39 is 0 Å².